The van der Waals surface area contributed by atoms with Crippen LogP contribution in [-0.2, 0) is 10.0 Å². The van der Waals surface area contributed by atoms with Crippen LogP contribution in [0.15, 0.2) is 23.1 Å². The Labute approximate surface area is 126 Å². The van der Waals surface area contributed by atoms with Crippen molar-refractivity contribution in [3.8, 4) is 0 Å². The maximum absolute atomic E-state index is 12.2. The Balaban J connectivity index is 2.91. The molecular weight excluding hydrogens is 292 g/mol. The van der Waals surface area contributed by atoms with Crippen LogP contribution in [0.4, 0.5) is 0 Å². The first-order valence-corrected chi connectivity index (χ1v) is 8.32. The number of rotatable bonds is 5. The van der Waals surface area contributed by atoms with E-state index in [0.29, 0.717) is 17.7 Å². The fourth-order valence-corrected chi connectivity index (χ4v) is 3.13. The Morgan fingerprint density at radius 2 is 1.95 bits per heavy atom. The summed E-state index contributed by atoms with van der Waals surface area (Å²) in [4.78, 5) is 0.532. The lowest BCUT2D eigenvalue weighted by Gasteiger charge is -2.18. The molecule has 0 aliphatic heterocycles. The highest BCUT2D eigenvalue weighted by Crippen LogP contribution is 2.19. The van der Waals surface area contributed by atoms with Crippen molar-refractivity contribution in [3.05, 3.63) is 29.3 Å². The monoisotopic (exact) mass is 314 g/mol. The van der Waals surface area contributed by atoms with Crippen molar-refractivity contribution in [2.24, 2.45) is 11.1 Å². The third-order valence-corrected chi connectivity index (χ3v) is 4.77. The largest absolute Gasteiger partial charge is 0.389 e. The zero-order chi connectivity index (χ0) is 15.6. The lowest BCUT2D eigenvalue weighted by Crippen LogP contribution is -2.28. The van der Waals surface area contributed by atoms with Gasteiger partial charge in [0.15, 0.2) is 0 Å². The zero-order valence-electron chi connectivity index (χ0n) is 12.4. The molecule has 0 heterocycles. The van der Waals surface area contributed by atoms with Gasteiger partial charge in [0.1, 0.15) is 4.99 Å². The first-order chi connectivity index (χ1) is 9.03. The summed E-state index contributed by atoms with van der Waals surface area (Å²) in [6.45, 7) is 8.37. The molecular formula is C14H22N2O2S2. The van der Waals surface area contributed by atoms with Gasteiger partial charge >= 0.3 is 0 Å². The minimum absolute atomic E-state index is 0.0904. The van der Waals surface area contributed by atoms with Crippen molar-refractivity contribution in [1.82, 2.24) is 4.72 Å². The SMILES string of the molecule is Cc1cc(C(N)=S)ccc1S(=O)(=O)NCCC(C)(C)C. The number of nitrogens with two attached hydrogens (primary N) is 1. The van der Waals surface area contributed by atoms with E-state index in [9.17, 15) is 8.42 Å². The molecule has 112 valence electrons. The Kier molecular flexibility index (Phi) is 5.29. The summed E-state index contributed by atoms with van der Waals surface area (Å²) in [6.07, 6.45) is 0.774. The second-order valence-corrected chi connectivity index (χ2v) is 8.23. The van der Waals surface area contributed by atoms with Gasteiger partial charge in [-0.15, -0.1) is 0 Å². The van der Waals surface area contributed by atoms with E-state index in [2.05, 4.69) is 25.5 Å². The van der Waals surface area contributed by atoms with Crippen LogP contribution in [0.1, 0.15) is 38.3 Å². The van der Waals surface area contributed by atoms with Crippen LogP contribution in [0.5, 0.6) is 0 Å². The summed E-state index contributed by atoms with van der Waals surface area (Å²) in [5, 5.41) is 0. The van der Waals surface area contributed by atoms with E-state index in [1.807, 2.05) is 0 Å². The lowest BCUT2D eigenvalue weighted by molar-refractivity contribution is 0.378. The van der Waals surface area contributed by atoms with Gasteiger partial charge in [-0.1, -0.05) is 39.1 Å². The van der Waals surface area contributed by atoms with Crippen LogP contribution in [0.3, 0.4) is 0 Å². The maximum Gasteiger partial charge on any atom is 0.240 e. The van der Waals surface area contributed by atoms with Gasteiger partial charge in [0, 0.05) is 12.1 Å². The van der Waals surface area contributed by atoms with E-state index < -0.39 is 10.0 Å². The first-order valence-electron chi connectivity index (χ1n) is 6.43. The van der Waals surface area contributed by atoms with Crippen LogP contribution in [0.2, 0.25) is 0 Å². The molecule has 0 amide bonds. The van der Waals surface area contributed by atoms with Crippen LogP contribution in [0.25, 0.3) is 0 Å². The Bertz CT molecular complexity index is 602. The van der Waals surface area contributed by atoms with Gasteiger partial charge < -0.3 is 5.73 Å². The predicted molar refractivity (Wildman–Crippen MR) is 86.3 cm³/mol. The molecule has 6 heteroatoms. The zero-order valence-corrected chi connectivity index (χ0v) is 14.0. The average Bonchev–Trinajstić information content (AvgIpc) is 2.26. The standard InChI is InChI=1S/C14H22N2O2S2/c1-10-9-11(13(15)19)5-6-12(10)20(17,18)16-8-7-14(2,3)4/h5-6,9,16H,7-8H2,1-4H3,(H2,15,19). The topological polar surface area (TPSA) is 72.2 Å². The molecule has 0 bridgehead atoms. The van der Waals surface area contributed by atoms with Gasteiger partial charge in [0.05, 0.1) is 4.90 Å². The Hall–Kier alpha value is -0.980. The summed E-state index contributed by atoms with van der Waals surface area (Å²) in [5.41, 5.74) is 6.94. The molecule has 1 rings (SSSR count). The van der Waals surface area contributed by atoms with Crippen molar-refractivity contribution >= 4 is 27.2 Å². The second kappa shape index (κ2) is 6.20. The van der Waals surface area contributed by atoms with Gasteiger partial charge in [0.2, 0.25) is 10.0 Å². The number of hydrogen-bond acceptors (Lipinski definition) is 3. The molecule has 4 nitrogen and oxygen atoms in total. The number of aryl methyl sites for hydroxylation is 1. The predicted octanol–water partition coefficient (Wildman–Crippen LogP) is 2.34. The quantitative estimate of drug-likeness (QED) is 0.818. The molecule has 0 radical (unpaired) electrons. The number of hydrogen-bond donors (Lipinski definition) is 2. The second-order valence-electron chi connectivity index (χ2n) is 6.05. The number of benzene rings is 1. The Morgan fingerprint density at radius 1 is 1.35 bits per heavy atom. The number of thiocarbonyl (C=S) groups is 1. The van der Waals surface area contributed by atoms with E-state index in [4.69, 9.17) is 18.0 Å². The minimum atomic E-state index is -3.49. The molecule has 0 saturated heterocycles. The van der Waals surface area contributed by atoms with Gasteiger partial charge in [0.25, 0.3) is 0 Å². The summed E-state index contributed by atoms with van der Waals surface area (Å²) in [5.74, 6) is 0. The molecule has 1 aromatic carbocycles. The fraction of sp³-hybridized carbons (Fsp3) is 0.500. The highest BCUT2D eigenvalue weighted by atomic mass is 32.2. The lowest BCUT2D eigenvalue weighted by atomic mass is 9.93. The van der Waals surface area contributed by atoms with Gasteiger partial charge in [-0.2, -0.15) is 0 Å². The number of nitrogens with one attached hydrogen (secondary N) is 1. The number of sulfonamides is 1. The molecule has 0 aliphatic rings. The first kappa shape index (κ1) is 17.1. The molecule has 3 N–H and O–H groups in total. The fourth-order valence-electron chi connectivity index (χ4n) is 1.74. The molecule has 0 saturated carbocycles. The summed E-state index contributed by atoms with van der Waals surface area (Å²) < 4.78 is 27.1. The highest BCUT2D eigenvalue weighted by molar-refractivity contribution is 7.89. The molecule has 0 aliphatic carbocycles. The normalized spacial score (nSPS) is 12.4. The summed E-state index contributed by atoms with van der Waals surface area (Å²) in [6, 6.07) is 4.87. The van der Waals surface area contributed by atoms with Gasteiger partial charge in [-0.3, -0.25) is 0 Å². The van der Waals surface area contributed by atoms with Crippen molar-refractivity contribution in [1.29, 1.82) is 0 Å². The van der Waals surface area contributed by atoms with E-state index in [0.717, 1.165) is 6.42 Å². The Morgan fingerprint density at radius 3 is 2.40 bits per heavy atom. The van der Waals surface area contributed by atoms with Crippen LogP contribution < -0.4 is 10.5 Å². The summed E-state index contributed by atoms with van der Waals surface area (Å²) in [7, 11) is -3.49. The van der Waals surface area contributed by atoms with E-state index in [1.54, 1.807) is 25.1 Å². The summed E-state index contributed by atoms with van der Waals surface area (Å²) >= 11 is 4.88. The smallest absolute Gasteiger partial charge is 0.240 e. The average molecular weight is 314 g/mol. The third-order valence-electron chi connectivity index (χ3n) is 2.92. The van der Waals surface area contributed by atoms with E-state index in [-0.39, 0.29) is 15.3 Å². The molecule has 0 fully saturated rings. The van der Waals surface area contributed by atoms with Gasteiger partial charge in [-0.05, 0) is 36.5 Å². The van der Waals surface area contributed by atoms with Crippen LogP contribution in [-0.4, -0.2) is 20.0 Å². The van der Waals surface area contributed by atoms with E-state index in [1.165, 1.54) is 0 Å². The molecule has 0 atom stereocenters. The van der Waals surface area contributed by atoms with Crippen LogP contribution in [0, 0.1) is 12.3 Å². The van der Waals surface area contributed by atoms with E-state index >= 15 is 0 Å². The van der Waals surface area contributed by atoms with Crippen molar-refractivity contribution in [2.75, 3.05) is 6.54 Å². The molecule has 1 aromatic rings. The molecule has 0 unspecified atom stereocenters. The maximum atomic E-state index is 12.2. The van der Waals surface area contributed by atoms with Crippen molar-refractivity contribution in [3.63, 3.8) is 0 Å². The third kappa shape index (κ3) is 4.85. The molecule has 20 heavy (non-hydrogen) atoms. The van der Waals surface area contributed by atoms with Gasteiger partial charge in [-0.25, -0.2) is 13.1 Å². The van der Waals surface area contributed by atoms with Crippen molar-refractivity contribution in [2.45, 2.75) is 39.0 Å². The highest BCUT2D eigenvalue weighted by Gasteiger charge is 2.18. The molecule has 0 spiro atoms. The van der Waals surface area contributed by atoms with Crippen LogP contribution >= 0.6 is 12.2 Å². The minimum Gasteiger partial charge on any atom is -0.389 e. The van der Waals surface area contributed by atoms with Crippen molar-refractivity contribution < 1.29 is 8.42 Å². The molecule has 0 aromatic heterocycles.